The van der Waals surface area contributed by atoms with Gasteiger partial charge < -0.3 is 19.9 Å². The number of methoxy groups -OCH3 is 1. The predicted molar refractivity (Wildman–Crippen MR) is 85.0 cm³/mol. The van der Waals surface area contributed by atoms with Gasteiger partial charge >= 0.3 is 5.97 Å². The molecule has 128 valence electrons. The minimum Gasteiger partial charge on any atom is -0.479 e. The fourth-order valence-electron chi connectivity index (χ4n) is 1.66. The Labute approximate surface area is 139 Å². The Hall–Kier alpha value is -1.86. The number of halogens is 1. The number of amides is 1. The van der Waals surface area contributed by atoms with Gasteiger partial charge in [0.15, 0.2) is 5.54 Å². The first-order valence-electron chi connectivity index (χ1n) is 7.02. The highest BCUT2D eigenvalue weighted by Gasteiger charge is 2.35. The molecular formula is C15H21ClN2O5. The third-order valence-electron chi connectivity index (χ3n) is 2.92. The number of aliphatic carboxylic acids is 1. The molecule has 1 heterocycles. The van der Waals surface area contributed by atoms with Gasteiger partial charge in [0.05, 0.1) is 18.8 Å². The van der Waals surface area contributed by atoms with Crippen LogP contribution in [0.1, 0.15) is 31.1 Å². The van der Waals surface area contributed by atoms with Crippen molar-refractivity contribution < 1.29 is 24.2 Å². The van der Waals surface area contributed by atoms with E-state index < -0.39 is 17.4 Å². The van der Waals surface area contributed by atoms with Gasteiger partial charge in [0.2, 0.25) is 5.88 Å². The minimum absolute atomic E-state index is 0.135. The first kappa shape index (κ1) is 19.2. The molecular weight excluding hydrogens is 324 g/mol. The van der Waals surface area contributed by atoms with Crippen LogP contribution >= 0.6 is 11.6 Å². The van der Waals surface area contributed by atoms with Crippen molar-refractivity contribution in [2.75, 3.05) is 20.3 Å². The van der Waals surface area contributed by atoms with Crippen molar-refractivity contribution in [3.05, 3.63) is 22.8 Å². The van der Waals surface area contributed by atoms with Gasteiger partial charge in [0.1, 0.15) is 5.02 Å². The maximum Gasteiger partial charge on any atom is 0.331 e. The number of aromatic nitrogens is 1. The van der Waals surface area contributed by atoms with Gasteiger partial charge in [0, 0.05) is 13.3 Å². The number of carbonyl (C=O) groups is 2. The van der Waals surface area contributed by atoms with Crippen LogP contribution in [0.4, 0.5) is 0 Å². The van der Waals surface area contributed by atoms with E-state index in [1.165, 1.54) is 26.3 Å². The number of rotatable bonds is 8. The number of nitrogens with zero attached hydrogens (tertiary/aromatic N) is 1. The van der Waals surface area contributed by atoms with E-state index >= 15 is 0 Å². The highest BCUT2D eigenvalue weighted by atomic mass is 35.5. The number of hydrogen-bond donors (Lipinski definition) is 2. The van der Waals surface area contributed by atoms with Crippen molar-refractivity contribution in [1.29, 1.82) is 0 Å². The third kappa shape index (κ3) is 5.37. The van der Waals surface area contributed by atoms with Gasteiger partial charge in [-0.2, -0.15) is 0 Å². The molecule has 0 radical (unpaired) electrons. The van der Waals surface area contributed by atoms with E-state index in [1.807, 2.05) is 13.8 Å². The zero-order valence-electron chi connectivity index (χ0n) is 13.6. The summed E-state index contributed by atoms with van der Waals surface area (Å²) >= 11 is 6.04. The van der Waals surface area contributed by atoms with Gasteiger partial charge in [-0.3, -0.25) is 4.79 Å². The third-order valence-corrected chi connectivity index (χ3v) is 3.19. The lowest BCUT2D eigenvalue weighted by Crippen LogP contribution is -2.55. The first-order valence-corrected chi connectivity index (χ1v) is 7.40. The highest BCUT2D eigenvalue weighted by Crippen LogP contribution is 2.23. The lowest BCUT2D eigenvalue weighted by Gasteiger charge is -2.25. The topological polar surface area (TPSA) is 97.8 Å². The average Bonchev–Trinajstić information content (AvgIpc) is 2.45. The summed E-state index contributed by atoms with van der Waals surface area (Å²) in [6, 6.07) is 1.38. The fraction of sp³-hybridized carbons (Fsp3) is 0.533. The molecule has 8 heteroatoms. The van der Waals surface area contributed by atoms with Gasteiger partial charge in [-0.25, -0.2) is 9.78 Å². The van der Waals surface area contributed by atoms with E-state index in [9.17, 15) is 14.7 Å². The molecule has 0 aromatic carbocycles. The molecule has 1 rings (SSSR count). The molecule has 0 spiro atoms. The molecule has 1 aromatic rings. The Balaban J connectivity index is 2.88. The molecule has 0 aliphatic heterocycles. The van der Waals surface area contributed by atoms with E-state index in [0.717, 1.165) is 0 Å². The highest BCUT2D eigenvalue weighted by molar-refractivity contribution is 6.32. The molecule has 0 aliphatic carbocycles. The van der Waals surface area contributed by atoms with Crippen molar-refractivity contribution in [3.63, 3.8) is 0 Å². The second-order valence-electron chi connectivity index (χ2n) is 5.74. The van der Waals surface area contributed by atoms with E-state index in [-0.39, 0.29) is 23.1 Å². The van der Waals surface area contributed by atoms with Crippen LogP contribution in [0.5, 0.6) is 5.88 Å². The lowest BCUT2D eigenvalue weighted by molar-refractivity contribution is -0.145. The Bertz CT molecular complexity index is 579. The quantitative estimate of drug-likeness (QED) is 0.748. The van der Waals surface area contributed by atoms with Gasteiger partial charge in [-0.05, 0) is 18.9 Å². The standard InChI is InChI=1S/C15H21ClN2O5/c1-9(2)7-23-13-11(16)5-10(6-17-13)12(19)18-15(3,8-22-4)14(20)21/h5-6,9H,7-8H2,1-4H3,(H,18,19)(H,20,21). The lowest BCUT2D eigenvalue weighted by atomic mass is 10.0. The normalized spacial score (nSPS) is 13.5. The summed E-state index contributed by atoms with van der Waals surface area (Å²) in [5, 5.41) is 11.8. The van der Waals surface area contributed by atoms with Crippen LogP contribution in [0.15, 0.2) is 12.3 Å². The van der Waals surface area contributed by atoms with Crippen molar-refractivity contribution >= 4 is 23.5 Å². The number of ether oxygens (including phenoxy) is 2. The monoisotopic (exact) mass is 344 g/mol. The van der Waals surface area contributed by atoms with E-state index in [4.69, 9.17) is 21.1 Å². The van der Waals surface area contributed by atoms with Crippen LogP contribution < -0.4 is 10.1 Å². The molecule has 2 N–H and O–H groups in total. The zero-order chi connectivity index (χ0) is 17.6. The van der Waals surface area contributed by atoms with Crippen molar-refractivity contribution in [1.82, 2.24) is 10.3 Å². The largest absolute Gasteiger partial charge is 0.479 e. The smallest absolute Gasteiger partial charge is 0.331 e. The summed E-state index contributed by atoms with van der Waals surface area (Å²) in [6.07, 6.45) is 1.28. The predicted octanol–water partition coefficient (Wildman–Crippen LogP) is 1.99. The second kappa shape index (κ2) is 8.12. The number of carboxylic acids is 1. The maximum absolute atomic E-state index is 12.2. The molecule has 1 atom stereocenters. The fourth-order valence-corrected chi connectivity index (χ4v) is 1.88. The molecule has 1 aromatic heterocycles. The Morgan fingerprint density at radius 3 is 2.61 bits per heavy atom. The number of carbonyl (C=O) groups excluding carboxylic acids is 1. The maximum atomic E-state index is 12.2. The van der Waals surface area contributed by atoms with Crippen LogP contribution in [-0.2, 0) is 9.53 Å². The Kier molecular flexibility index (Phi) is 6.78. The first-order chi connectivity index (χ1) is 10.7. The molecule has 1 amide bonds. The number of carboxylic acid groups (broad SMARTS) is 1. The molecule has 7 nitrogen and oxygen atoms in total. The summed E-state index contributed by atoms with van der Waals surface area (Å²) < 4.78 is 10.3. The number of pyridine rings is 1. The van der Waals surface area contributed by atoms with Crippen LogP contribution in [-0.4, -0.2) is 47.8 Å². The molecule has 0 aliphatic rings. The van der Waals surface area contributed by atoms with Crippen molar-refractivity contribution in [3.8, 4) is 5.88 Å². The molecule has 0 fully saturated rings. The summed E-state index contributed by atoms with van der Waals surface area (Å²) in [6.45, 7) is 5.59. The van der Waals surface area contributed by atoms with Crippen LogP contribution in [0.25, 0.3) is 0 Å². The Morgan fingerprint density at radius 1 is 1.48 bits per heavy atom. The zero-order valence-corrected chi connectivity index (χ0v) is 14.3. The second-order valence-corrected chi connectivity index (χ2v) is 6.15. The summed E-state index contributed by atoms with van der Waals surface area (Å²) in [7, 11) is 1.35. The summed E-state index contributed by atoms with van der Waals surface area (Å²) in [4.78, 5) is 27.5. The van der Waals surface area contributed by atoms with Crippen molar-refractivity contribution in [2.24, 2.45) is 5.92 Å². The number of hydrogen-bond acceptors (Lipinski definition) is 5. The summed E-state index contributed by atoms with van der Waals surface area (Å²) in [5.41, 5.74) is -1.42. The van der Waals surface area contributed by atoms with Gasteiger partial charge in [-0.15, -0.1) is 0 Å². The Morgan fingerprint density at radius 2 is 2.13 bits per heavy atom. The van der Waals surface area contributed by atoms with E-state index in [2.05, 4.69) is 10.3 Å². The summed E-state index contributed by atoms with van der Waals surface area (Å²) in [5.74, 6) is -1.28. The SMILES string of the molecule is COCC(C)(NC(=O)c1cnc(OCC(C)C)c(Cl)c1)C(=O)O. The minimum atomic E-state index is -1.55. The van der Waals surface area contributed by atoms with E-state index in [1.54, 1.807) is 0 Å². The molecule has 0 saturated heterocycles. The molecule has 1 unspecified atom stereocenters. The van der Waals surface area contributed by atoms with Crippen molar-refractivity contribution in [2.45, 2.75) is 26.3 Å². The van der Waals surface area contributed by atoms with Crippen LogP contribution in [0, 0.1) is 5.92 Å². The molecule has 0 bridgehead atoms. The molecule has 23 heavy (non-hydrogen) atoms. The average molecular weight is 345 g/mol. The number of nitrogens with one attached hydrogen (secondary N) is 1. The van der Waals surface area contributed by atoms with E-state index in [0.29, 0.717) is 12.5 Å². The van der Waals surface area contributed by atoms with Gasteiger partial charge in [0.25, 0.3) is 5.91 Å². The van der Waals surface area contributed by atoms with Gasteiger partial charge in [-0.1, -0.05) is 25.4 Å². The van der Waals surface area contributed by atoms with Crippen LogP contribution in [0.3, 0.4) is 0 Å². The van der Waals surface area contributed by atoms with Crippen LogP contribution in [0.2, 0.25) is 5.02 Å². The molecule has 0 saturated carbocycles.